The molecule has 3 rings (SSSR count). The molecule has 1 saturated heterocycles. The van der Waals surface area contributed by atoms with Crippen molar-refractivity contribution in [2.24, 2.45) is 18.4 Å². The first kappa shape index (κ1) is 14.6. The summed E-state index contributed by atoms with van der Waals surface area (Å²) in [4.78, 5) is 14.0. The van der Waals surface area contributed by atoms with E-state index in [0.717, 1.165) is 5.69 Å². The third kappa shape index (κ3) is 2.48. The standard InChI is InChI=1S/C16H26N4O/c1-10(11-9-16(11,2)3)18-12-8-14(21)19(4)15(12)13-6-7-17-20(13)5/h6-7,10-12,15,18H,8-9H2,1-5H3/t10?,11?,12-,15-/m1/s1. The van der Waals surface area contributed by atoms with Gasteiger partial charge >= 0.3 is 0 Å². The zero-order valence-electron chi connectivity index (χ0n) is 13.6. The van der Waals surface area contributed by atoms with Gasteiger partial charge in [0, 0.05) is 38.8 Å². The van der Waals surface area contributed by atoms with Crippen molar-refractivity contribution in [1.29, 1.82) is 0 Å². The van der Waals surface area contributed by atoms with Crippen LogP contribution in [0.4, 0.5) is 0 Å². The van der Waals surface area contributed by atoms with E-state index in [9.17, 15) is 4.79 Å². The minimum absolute atomic E-state index is 0.0781. The number of aryl methyl sites for hydroxylation is 1. The van der Waals surface area contributed by atoms with Crippen LogP contribution >= 0.6 is 0 Å². The Kier molecular flexibility index (Phi) is 3.35. The van der Waals surface area contributed by atoms with Gasteiger partial charge in [0.15, 0.2) is 0 Å². The molecule has 0 radical (unpaired) electrons. The highest BCUT2D eigenvalue weighted by atomic mass is 16.2. The summed E-state index contributed by atoms with van der Waals surface area (Å²) in [5, 5.41) is 7.97. The normalized spacial score (nSPS) is 32.5. The molecular weight excluding hydrogens is 264 g/mol. The van der Waals surface area contributed by atoms with Gasteiger partial charge in [-0.3, -0.25) is 9.48 Å². The molecule has 2 aliphatic rings. The summed E-state index contributed by atoms with van der Waals surface area (Å²) in [6.45, 7) is 6.89. The van der Waals surface area contributed by atoms with Crippen LogP contribution in [0, 0.1) is 11.3 Å². The fraction of sp³-hybridized carbons (Fsp3) is 0.750. The summed E-state index contributed by atoms with van der Waals surface area (Å²) in [5.41, 5.74) is 1.55. The Morgan fingerprint density at radius 2 is 2.10 bits per heavy atom. The molecule has 5 heteroatoms. The molecule has 1 aliphatic carbocycles. The first-order chi connectivity index (χ1) is 9.81. The van der Waals surface area contributed by atoms with Gasteiger partial charge in [-0.15, -0.1) is 0 Å². The zero-order valence-corrected chi connectivity index (χ0v) is 13.6. The van der Waals surface area contributed by atoms with Gasteiger partial charge in [0.05, 0.1) is 11.7 Å². The number of likely N-dealkylation sites (tertiary alicyclic amines) is 1. The van der Waals surface area contributed by atoms with Crippen LogP contribution in [0.15, 0.2) is 12.3 Å². The van der Waals surface area contributed by atoms with Gasteiger partial charge in [-0.05, 0) is 30.7 Å². The van der Waals surface area contributed by atoms with E-state index in [0.29, 0.717) is 23.8 Å². The fourth-order valence-electron chi connectivity index (χ4n) is 3.91. The lowest BCUT2D eigenvalue weighted by Crippen LogP contribution is -2.42. The Morgan fingerprint density at radius 1 is 1.43 bits per heavy atom. The van der Waals surface area contributed by atoms with Crippen LogP contribution in [-0.4, -0.2) is 39.7 Å². The SMILES string of the molecule is CC(N[C@@H]1CC(=O)N(C)[C@H]1c1ccnn1C)C1CC1(C)C. The molecule has 116 valence electrons. The monoisotopic (exact) mass is 290 g/mol. The van der Waals surface area contributed by atoms with Crippen molar-refractivity contribution < 1.29 is 4.79 Å². The molecule has 1 aliphatic heterocycles. The number of aromatic nitrogens is 2. The quantitative estimate of drug-likeness (QED) is 0.918. The third-order valence-corrected chi connectivity index (χ3v) is 5.42. The molecule has 0 spiro atoms. The van der Waals surface area contributed by atoms with Crippen LogP contribution in [0.2, 0.25) is 0 Å². The molecule has 2 unspecified atom stereocenters. The van der Waals surface area contributed by atoms with Crippen LogP contribution in [0.25, 0.3) is 0 Å². The van der Waals surface area contributed by atoms with E-state index in [1.165, 1.54) is 6.42 Å². The van der Waals surface area contributed by atoms with Gasteiger partial charge in [0.2, 0.25) is 5.91 Å². The van der Waals surface area contributed by atoms with E-state index in [2.05, 4.69) is 31.2 Å². The van der Waals surface area contributed by atoms with Gasteiger partial charge in [-0.2, -0.15) is 5.10 Å². The molecule has 1 aromatic heterocycles. The van der Waals surface area contributed by atoms with Gasteiger partial charge in [-0.1, -0.05) is 13.8 Å². The number of rotatable bonds is 4. The van der Waals surface area contributed by atoms with Crippen LogP contribution in [0.1, 0.15) is 45.3 Å². The van der Waals surface area contributed by atoms with Crippen molar-refractivity contribution in [1.82, 2.24) is 20.0 Å². The van der Waals surface area contributed by atoms with Crippen LogP contribution in [0.5, 0.6) is 0 Å². The van der Waals surface area contributed by atoms with Gasteiger partial charge in [0.1, 0.15) is 0 Å². The zero-order chi connectivity index (χ0) is 15.4. The highest BCUT2D eigenvalue weighted by molar-refractivity contribution is 5.80. The van der Waals surface area contributed by atoms with E-state index in [4.69, 9.17) is 0 Å². The Labute approximate surface area is 126 Å². The molecule has 1 aromatic rings. The Hall–Kier alpha value is -1.36. The van der Waals surface area contributed by atoms with Crippen molar-refractivity contribution in [2.45, 2.75) is 51.7 Å². The molecule has 1 N–H and O–H groups in total. The van der Waals surface area contributed by atoms with Crippen molar-refractivity contribution >= 4 is 5.91 Å². The predicted molar refractivity (Wildman–Crippen MR) is 81.6 cm³/mol. The average molecular weight is 290 g/mol. The lowest BCUT2D eigenvalue weighted by Gasteiger charge is -2.28. The Balaban J connectivity index is 1.77. The second-order valence-corrected chi connectivity index (χ2v) is 7.39. The second kappa shape index (κ2) is 4.83. The average Bonchev–Trinajstić information content (AvgIpc) is 2.70. The Bertz CT molecular complexity index is 550. The molecule has 2 fully saturated rings. The predicted octanol–water partition coefficient (Wildman–Crippen LogP) is 1.72. The number of hydrogen-bond donors (Lipinski definition) is 1. The smallest absolute Gasteiger partial charge is 0.224 e. The summed E-state index contributed by atoms with van der Waals surface area (Å²) in [6.07, 6.45) is 3.65. The first-order valence-electron chi connectivity index (χ1n) is 7.81. The highest BCUT2D eigenvalue weighted by Gasteiger charge is 2.50. The van der Waals surface area contributed by atoms with Gasteiger partial charge in [-0.25, -0.2) is 0 Å². The highest BCUT2D eigenvalue weighted by Crippen LogP contribution is 2.53. The van der Waals surface area contributed by atoms with E-state index >= 15 is 0 Å². The molecule has 2 heterocycles. The topological polar surface area (TPSA) is 50.2 Å². The summed E-state index contributed by atoms with van der Waals surface area (Å²) in [5.74, 6) is 0.923. The summed E-state index contributed by atoms with van der Waals surface area (Å²) in [6, 6.07) is 2.71. The number of nitrogens with zero attached hydrogens (tertiary/aromatic N) is 3. The molecule has 1 amide bonds. The maximum absolute atomic E-state index is 12.2. The van der Waals surface area contributed by atoms with E-state index in [1.54, 1.807) is 6.20 Å². The van der Waals surface area contributed by atoms with Crippen LogP contribution < -0.4 is 5.32 Å². The van der Waals surface area contributed by atoms with Crippen molar-refractivity contribution in [3.05, 3.63) is 18.0 Å². The van der Waals surface area contributed by atoms with Gasteiger partial charge < -0.3 is 10.2 Å². The third-order valence-electron chi connectivity index (χ3n) is 5.42. The van der Waals surface area contributed by atoms with Crippen molar-refractivity contribution in [3.8, 4) is 0 Å². The molecular formula is C16H26N4O. The van der Waals surface area contributed by atoms with Gasteiger partial charge in [0.25, 0.3) is 0 Å². The molecule has 5 nitrogen and oxygen atoms in total. The minimum atomic E-state index is 0.0781. The minimum Gasteiger partial charge on any atom is -0.336 e. The van der Waals surface area contributed by atoms with Crippen LogP contribution in [-0.2, 0) is 11.8 Å². The number of carbonyl (C=O) groups is 1. The molecule has 0 aromatic carbocycles. The number of likely N-dealkylation sites (N-methyl/N-ethyl adjacent to an activating group) is 1. The number of nitrogens with one attached hydrogen (secondary N) is 1. The Morgan fingerprint density at radius 3 is 2.62 bits per heavy atom. The summed E-state index contributed by atoms with van der Waals surface area (Å²) >= 11 is 0. The lowest BCUT2D eigenvalue weighted by atomic mass is 10.0. The van der Waals surface area contributed by atoms with Crippen molar-refractivity contribution in [3.63, 3.8) is 0 Å². The number of carbonyl (C=O) groups excluding carboxylic acids is 1. The maximum Gasteiger partial charge on any atom is 0.224 e. The molecule has 4 atom stereocenters. The largest absolute Gasteiger partial charge is 0.336 e. The van der Waals surface area contributed by atoms with E-state index < -0.39 is 0 Å². The van der Waals surface area contributed by atoms with Crippen molar-refractivity contribution in [2.75, 3.05) is 7.05 Å². The molecule has 0 bridgehead atoms. The molecule has 21 heavy (non-hydrogen) atoms. The fourth-order valence-corrected chi connectivity index (χ4v) is 3.91. The second-order valence-electron chi connectivity index (χ2n) is 7.39. The van der Waals surface area contributed by atoms with E-state index in [1.807, 2.05) is 29.7 Å². The molecule has 1 saturated carbocycles. The first-order valence-corrected chi connectivity index (χ1v) is 7.81. The summed E-state index contributed by atoms with van der Waals surface area (Å²) in [7, 11) is 3.84. The number of amides is 1. The van der Waals surface area contributed by atoms with E-state index in [-0.39, 0.29) is 18.0 Å². The summed E-state index contributed by atoms with van der Waals surface area (Å²) < 4.78 is 1.88. The van der Waals surface area contributed by atoms with Crippen LogP contribution in [0.3, 0.4) is 0 Å². The lowest BCUT2D eigenvalue weighted by molar-refractivity contribution is -0.127. The maximum atomic E-state index is 12.2. The number of hydrogen-bond acceptors (Lipinski definition) is 3.